The van der Waals surface area contributed by atoms with Crippen molar-refractivity contribution in [3.05, 3.63) is 83.6 Å². The number of ether oxygens (including phenoxy) is 2. The molecule has 0 saturated carbocycles. The maximum atomic E-state index is 11.8. The Hall–Kier alpha value is -4.45. The number of carbonyl (C=O) groups excluding carboxylic acids is 2. The van der Waals surface area contributed by atoms with Gasteiger partial charge in [0.15, 0.2) is 11.8 Å². The summed E-state index contributed by atoms with van der Waals surface area (Å²) in [5.41, 5.74) is 6.74. The van der Waals surface area contributed by atoms with Crippen LogP contribution >= 0.6 is 11.8 Å². The second-order valence-electron chi connectivity index (χ2n) is 6.63. The highest BCUT2D eigenvalue weighted by atomic mass is 32.2. The molecule has 0 unspecified atom stereocenters. The quantitative estimate of drug-likeness (QED) is 0.135. The summed E-state index contributed by atoms with van der Waals surface area (Å²) in [5, 5.41) is 7.90. The molecule has 2 aromatic carbocycles. The molecule has 0 aliphatic rings. The maximum absolute atomic E-state index is 11.8. The zero-order valence-corrected chi connectivity index (χ0v) is 19.5. The standard InChI is InChI=1S/C23H22N6O5S/c1-17-12-20(32-15-21(30)34-29-25-14-19-10-6-3-7-11-19)27-22(26-17)35-16-33-23(31)28-24-13-18-8-4-2-5-9-18/h2-14,29H,15-16H2,1H3,(H,28,31)/b24-13+,25-14+. The molecule has 2 N–H and O–H groups in total. The average Bonchev–Trinajstić information content (AvgIpc) is 2.86. The molecule has 0 fully saturated rings. The third-order valence-electron chi connectivity index (χ3n) is 3.92. The summed E-state index contributed by atoms with van der Waals surface area (Å²) in [7, 11) is 0. The maximum Gasteiger partial charge on any atom is 0.428 e. The van der Waals surface area contributed by atoms with Gasteiger partial charge in [-0.1, -0.05) is 60.7 Å². The van der Waals surface area contributed by atoms with Crippen molar-refractivity contribution in [2.24, 2.45) is 10.2 Å². The second-order valence-corrected chi connectivity index (χ2v) is 7.52. The summed E-state index contributed by atoms with van der Waals surface area (Å²) in [6.07, 6.45) is 2.28. The number of nitrogens with zero attached hydrogens (tertiary/aromatic N) is 4. The van der Waals surface area contributed by atoms with Crippen LogP contribution in [0.2, 0.25) is 0 Å². The number of amides is 1. The van der Waals surface area contributed by atoms with Crippen molar-refractivity contribution in [2.75, 3.05) is 12.5 Å². The molecule has 0 bridgehead atoms. The summed E-state index contributed by atoms with van der Waals surface area (Å²) in [5.74, 6) is -0.584. The van der Waals surface area contributed by atoms with Crippen LogP contribution in [0.4, 0.5) is 4.79 Å². The van der Waals surface area contributed by atoms with Crippen LogP contribution < -0.4 is 15.8 Å². The lowest BCUT2D eigenvalue weighted by Gasteiger charge is -2.07. The van der Waals surface area contributed by atoms with E-state index in [2.05, 4.69) is 31.2 Å². The van der Waals surface area contributed by atoms with E-state index in [9.17, 15) is 9.59 Å². The molecule has 1 amide bonds. The highest BCUT2D eigenvalue weighted by molar-refractivity contribution is 7.99. The van der Waals surface area contributed by atoms with Gasteiger partial charge in [-0.25, -0.2) is 20.0 Å². The van der Waals surface area contributed by atoms with E-state index in [1.807, 2.05) is 60.7 Å². The molecule has 0 radical (unpaired) electrons. The first-order valence-electron chi connectivity index (χ1n) is 10.2. The van der Waals surface area contributed by atoms with E-state index in [0.717, 1.165) is 22.9 Å². The summed E-state index contributed by atoms with van der Waals surface area (Å²) < 4.78 is 10.4. The van der Waals surface area contributed by atoms with Crippen LogP contribution in [0, 0.1) is 6.92 Å². The van der Waals surface area contributed by atoms with Gasteiger partial charge in [-0.15, -0.1) is 5.59 Å². The molecule has 1 heterocycles. The van der Waals surface area contributed by atoms with E-state index in [0.29, 0.717) is 10.9 Å². The van der Waals surface area contributed by atoms with E-state index < -0.39 is 18.7 Å². The first kappa shape index (κ1) is 25.2. The number of aryl methyl sites for hydroxylation is 1. The van der Waals surface area contributed by atoms with Crippen molar-refractivity contribution in [1.29, 1.82) is 0 Å². The number of hydrazone groups is 2. The average molecular weight is 495 g/mol. The Morgan fingerprint density at radius 2 is 1.63 bits per heavy atom. The highest BCUT2D eigenvalue weighted by Crippen LogP contribution is 2.18. The number of carbonyl (C=O) groups is 2. The van der Waals surface area contributed by atoms with Gasteiger partial charge in [0, 0.05) is 11.8 Å². The van der Waals surface area contributed by atoms with Crippen LogP contribution in [0.1, 0.15) is 16.8 Å². The summed E-state index contributed by atoms with van der Waals surface area (Å²) in [6, 6.07) is 20.1. The van der Waals surface area contributed by atoms with Crippen molar-refractivity contribution in [2.45, 2.75) is 12.1 Å². The zero-order chi connectivity index (χ0) is 24.7. The van der Waals surface area contributed by atoms with E-state index in [1.165, 1.54) is 12.4 Å². The lowest BCUT2D eigenvalue weighted by Crippen LogP contribution is -2.21. The van der Waals surface area contributed by atoms with Crippen molar-refractivity contribution >= 4 is 36.3 Å². The van der Waals surface area contributed by atoms with Gasteiger partial charge in [-0.05, 0) is 29.8 Å². The minimum atomic E-state index is -0.723. The fraction of sp³-hybridized carbons (Fsp3) is 0.130. The summed E-state index contributed by atoms with van der Waals surface area (Å²) in [4.78, 5) is 36.7. The van der Waals surface area contributed by atoms with E-state index in [4.69, 9.17) is 14.3 Å². The predicted molar refractivity (Wildman–Crippen MR) is 130 cm³/mol. The molecule has 180 valence electrons. The van der Waals surface area contributed by atoms with Gasteiger partial charge in [0.2, 0.25) is 5.88 Å². The molecule has 0 aliphatic carbocycles. The monoisotopic (exact) mass is 494 g/mol. The summed E-state index contributed by atoms with van der Waals surface area (Å²) in [6.45, 7) is 1.34. The smallest absolute Gasteiger partial charge is 0.428 e. The molecule has 35 heavy (non-hydrogen) atoms. The third-order valence-corrected chi connectivity index (χ3v) is 4.60. The Labute approximate surface area is 205 Å². The van der Waals surface area contributed by atoms with Crippen LogP contribution in [-0.4, -0.2) is 47.0 Å². The Kier molecular flexibility index (Phi) is 10.0. The number of thioether (sulfide) groups is 1. The normalized spacial score (nSPS) is 10.8. The fourth-order valence-electron chi connectivity index (χ4n) is 2.40. The van der Waals surface area contributed by atoms with Gasteiger partial charge in [0.1, 0.15) is 5.94 Å². The van der Waals surface area contributed by atoms with E-state index >= 15 is 0 Å². The van der Waals surface area contributed by atoms with Gasteiger partial charge in [0.05, 0.1) is 12.4 Å². The molecule has 12 heteroatoms. The van der Waals surface area contributed by atoms with Crippen molar-refractivity contribution < 1.29 is 23.9 Å². The van der Waals surface area contributed by atoms with Gasteiger partial charge < -0.3 is 14.3 Å². The minimum absolute atomic E-state index is 0.0546. The lowest BCUT2D eigenvalue weighted by molar-refractivity contribution is -0.153. The van der Waals surface area contributed by atoms with Crippen LogP contribution in [0.15, 0.2) is 82.1 Å². The molecule has 11 nitrogen and oxygen atoms in total. The zero-order valence-electron chi connectivity index (χ0n) is 18.7. The first-order chi connectivity index (χ1) is 17.1. The molecule has 0 atom stereocenters. The third kappa shape index (κ3) is 9.92. The molecule has 1 aromatic heterocycles. The largest absolute Gasteiger partial charge is 0.465 e. The topological polar surface area (TPSA) is 136 Å². The highest BCUT2D eigenvalue weighted by Gasteiger charge is 2.09. The molecular weight excluding hydrogens is 472 g/mol. The van der Waals surface area contributed by atoms with Gasteiger partial charge in [-0.3, -0.25) is 0 Å². The molecular formula is C23H22N6O5S. The van der Waals surface area contributed by atoms with Crippen molar-refractivity contribution in [3.8, 4) is 5.88 Å². The van der Waals surface area contributed by atoms with E-state index in [1.54, 1.807) is 13.0 Å². The number of hydrogen-bond donors (Lipinski definition) is 2. The minimum Gasteiger partial charge on any atom is -0.465 e. The van der Waals surface area contributed by atoms with Crippen LogP contribution in [0.25, 0.3) is 0 Å². The SMILES string of the molecule is Cc1cc(OCC(=O)ON/N=C/c2ccccc2)nc(SCOC(=O)N/N=C/c2ccccc2)n1. The summed E-state index contributed by atoms with van der Waals surface area (Å²) >= 11 is 1.07. The number of rotatable bonds is 11. The first-order valence-corrected chi connectivity index (χ1v) is 11.2. The number of hydrogen-bond acceptors (Lipinski definition) is 11. The Balaban J connectivity index is 1.37. The van der Waals surface area contributed by atoms with Crippen LogP contribution in [0.3, 0.4) is 0 Å². The Morgan fingerprint density at radius 3 is 2.31 bits per heavy atom. The van der Waals surface area contributed by atoms with E-state index in [-0.39, 0.29) is 11.8 Å². The molecule has 3 aromatic rings. The van der Waals surface area contributed by atoms with Gasteiger partial charge >= 0.3 is 12.1 Å². The Bertz CT molecular complexity index is 1160. The van der Waals surface area contributed by atoms with Crippen LogP contribution in [-0.2, 0) is 14.4 Å². The fourth-order valence-corrected chi connectivity index (χ4v) is 3.03. The lowest BCUT2D eigenvalue weighted by atomic mass is 10.2. The van der Waals surface area contributed by atoms with Gasteiger partial charge in [-0.2, -0.15) is 15.2 Å². The van der Waals surface area contributed by atoms with Crippen LogP contribution in [0.5, 0.6) is 5.88 Å². The molecule has 0 aliphatic heterocycles. The molecule has 3 rings (SSSR count). The number of benzene rings is 2. The molecule has 0 saturated heterocycles. The number of nitrogens with one attached hydrogen (secondary N) is 2. The number of aromatic nitrogens is 2. The molecule has 0 spiro atoms. The van der Waals surface area contributed by atoms with Crippen molar-refractivity contribution in [3.63, 3.8) is 0 Å². The Morgan fingerprint density at radius 1 is 0.971 bits per heavy atom. The predicted octanol–water partition coefficient (Wildman–Crippen LogP) is 3.06. The van der Waals surface area contributed by atoms with Gasteiger partial charge in [0.25, 0.3) is 0 Å². The van der Waals surface area contributed by atoms with Crippen molar-refractivity contribution in [1.82, 2.24) is 21.0 Å². The second kappa shape index (κ2) is 14.0.